The predicted molar refractivity (Wildman–Crippen MR) is 88.0 cm³/mol. The normalized spacial score (nSPS) is 11.7. The van der Waals surface area contributed by atoms with Crippen molar-refractivity contribution in [1.29, 1.82) is 0 Å². The highest BCUT2D eigenvalue weighted by molar-refractivity contribution is 7.98. The molecule has 114 valence electrons. The first-order valence-corrected chi connectivity index (χ1v) is 9.08. The number of hydrogen-bond donors (Lipinski definition) is 3. The molecule has 0 radical (unpaired) electrons. The van der Waals surface area contributed by atoms with Gasteiger partial charge in [0.2, 0.25) is 0 Å². The van der Waals surface area contributed by atoms with E-state index < -0.39 is 10.0 Å². The van der Waals surface area contributed by atoms with Crippen molar-refractivity contribution in [2.45, 2.75) is 9.79 Å². The molecule has 0 bridgehead atoms. The minimum absolute atomic E-state index is 0.0872. The Morgan fingerprint density at radius 1 is 1.00 bits per heavy atom. The topological polar surface area (TPSA) is 94.8 Å². The van der Waals surface area contributed by atoms with Crippen molar-refractivity contribution in [3.63, 3.8) is 0 Å². The van der Waals surface area contributed by atoms with Gasteiger partial charge >= 0.3 is 5.69 Å². The van der Waals surface area contributed by atoms with E-state index in [0.29, 0.717) is 16.7 Å². The summed E-state index contributed by atoms with van der Waals surface area (Å²) in [5, 5.41) is 0. The molecule has 1 heterocycles. The molecule has 1 aromatic heterocycles. The molecule has 0 aliphatic heterocycles. The Bertz CT molecular complexity index is 972. The van der Waals surface area contributed by atoms with Crippen LogP contribution in [0.1, 0.15) is 0 Å². The maximum absolute atomic E-state index is 12.4. The molecule has 3 N–H and O–H groups in total. The summed E-state index contributed by atoms with van der Waals surface area (Å²) in [6, 6.07) is 11.5. The molecule has 0 spiro atoms. The number of aromatic amines is 2. The minimum atomic E-state index is -3.71. The SMILES string of the molecule is CSc1ccc(NS(=O)(=O)c2ccc3[nH]c(=O)[nH]c3c2)cc1. The van der Waals surface area contributed by atoms with Gasteiger partial charge in [0.05, 0.1) is 15.9 Å². The third-order valence-corrected chi connectivity index (χ3v) is 5.26. The van der Waals surface area contributed by atoms with Crippen LogP contribution < -0.4 is 10.4 Å². The van der Waals surface area contributed by atoms with Crippen molar-refractivity contribution in [1.82, 2.24) is 9.97 Å². The fourth-order valence-corrected chi connectivity index (χ4v) is 3.54. The number of nitrogens with one attached hydrogen (secondary N) is 3. The lowest BCUT2D eigenvalue weighted by Gasteiger charge is -2.08. The molecule has 0 atom stereocenters. The Morgan fingerprint density at radius 2 is 1.68 bits per heavy atom. The standard InChI is InChI=1S/C14H13N3O3S2/c1-21-10-4-2-9(3-5-10)17-22(19,20)11-6-7-12-13(8-11)16-14(18)15-12/h2-8,17H,1H3,(H2,15,16,18). The zero-order valence-electron chi connectivity index (χ0n) is 11.6. The molecule has 6 nitrogen and oxygen atoms in total. The Labute approximate surface area is 131 Å². The molecule has 0 amide bonds. The average Bonchev–Trinajstić information content (AvgIpc) is 2.86. The van der Waals surface area contributed by atoms with Crippen LogP contribution in [0.3, 0.4) is 0 Å². The number of H-pyrrole nitrogens is 2. The van der Waals surface area contributed by atoms with Gasteiger partial charge in [-0.1, -0.05) is 0 Å². The van der Waals surface area contributed by atoms with Gasteiger partial charge in [0.15, 0.2) is 0 Å². The summed E-state index contributed by atoms with van der Waals surface area (Å²) in [4.78, 5) is 17.5. The van der Waals surface area contributed by atoms with E-state index in [0.717, 1.165) is 4.90 Å². The lowest BCUT2D eigenvalue weighted by molar-refractivity contribution is 0.601. The highest BCUT2D eigenvalue weighted by Gasteiger charge is 2.15. The molecule has 2 aromatic carbocycles. The van der Waals surface area contributed by atoms with E-state index in [1.807, 2.05) is 18.4 Å². The summed E-state index contributed by atoms with van der Waals surface area (Å²) in [6.45, 7) is 0. The van der Waals surface area contributed by atoms with E-state index in [-0.39, 0.29) is 10.6 Å². The molecule has 0 fully saturated rings. The number of thioether (sulfide) groups is 1. The van der Waals surface area contributed by atoms with Crippen LogP contribution in [0.5, 0.6) is 0 Å². The number of rotatable bonds is 4. The van der Waals surface area contributed by atoms with Crippen LogP contribution >= 0.6 is 11.8 Å². The van der Waals surface area contributed by atoms with E-state index in [1.165, 1.54) is 12.1 Å². The Hall–Kier alpha value is -2.19. The van der Waals surface area contributed by atoms with Crippen LogP contribution in [-0.2, 0) is 10.0 Å². The summed E-state index contributed by atoms with van der Waals surface area (Å²) in [7, 11) is -3.71. The monoisotopic (exact) mass is 335 g/mol. The van der Waals surface area contributed by atoms with Crippen molar-refractivity contribution < 1.29 is 8.42 Å². The van der Waals surface area contributed by atoms with E-state index in [1.54, 1.807) is 30.0 Å². The molecular weight excluding hydrogens is 322 g/mol. The highest BCUT2D eigenvalue weighted by atomic mass is 32.2. The van der Waals surface area contributed by atoms with Crippen LogP contribution in [0.15, 0.2) is 57.1 Å². The summed E-state index contributed by atoms with van der Waals surface area (Å²) in [5.74, 6) is 0. The molecule has 3 aromatic rings. The molecular formula is C14H13N3O3S2. The van der Waals surface area contributed by atoms with Crippen LogP contribution in [-0.4, -0.2) is 24.6 Å². The fourth-order valence-electron chi connectivity index (χ4n) is 2.05. The molecule has 8 heteroatoms. The zero-order chi connectivity index (χ0) is 15.7. The van der Waals surface area contributed by atoms with Crippen molar-refractivity contribution >= 4 is 38.5 Å². The van der Waals surface area contributed by atoms with Crippen LogP contribution in [0.25, 0.3) is 11.0 Å². The van der Waals surface area contributed by atoms with Gasteiger partial charge in [-0.2, -0.15) is 0 Å². The first kappa shape index (κ1) is 14.7. The lowest BCUT2D eigenvalue weighted by atomic mass is 10.3. The second-order valence-electron chi connectivity index (χ2n) is 4.62. The van der Waals surface area contributed by atoms with Gasteiger partial charge in [-0.3, -0.25) is 4.72 Å². The highest BCUT2D eigenvalue weighted by Crippen LogP contribution is 2.21. The van der Waals surface area contributed by atoms with Gasteiger partial charge in [0, 0.05) is 10.6 Å². The molecule has 0 unspecified atom stereocenters. The van der Waals surface area contributed by atoms with Crippen molar-refractivity contribution in [2.75, 3.05) is 11.0 Å². The van der Waals surface area contributed by atoms with Crippen molar-refractivity contribution in [3.05, 3.63) is 52.9 Å². The van der Waals surface area contributed by atoms with E-state index in [9.17, 15) is 13.2 Å². The quantitative estimate of drug-likeness (QED) is 0.638. The number of hydrogen-bond acceptors (Lipinski definition) is 4. The van der Waals surface area contributed by atoms with Gasteiger partial charge in [0.25, 0.3) is 10.0 Å². The van der Waals surface area contributed by atoms with E-state index in [2.05, 4.69) is 14.7 Å². The van der Waals surface area contributed by atoms with Gasteiger partial charge < -0.3 is 9.97 Å². The third kappa shape index (κ3) is 2.88. The second-order valence-corrected chi connectivity index (χ2v) is 7.18. The Balaban J connectivity index is 1.94. The summed E-state index contributed by atoms with van der Waals surface area (Å²) >= 11 is 1.58. The number of benzene rings is 2. The zero-order valence-corrected chi connectivity index (χ0v) is 13.2. The summed E-state index contributed by atoms with van der Waals surface area (Å²) in [5.41, 5.74) is 1.13. The first-order valence-electron chi connectivity index (χ1n) is 6.37. The fraction of sp³-hybridized carbons (Fsp3) is 0.0714. The predicted octanol–water partition coefficient (Wildman–Crippen LogP) is 2.38. The van der Waals surface area contributed by atoms with Gasteiger partial charge in [-0.15, -0.1) is 11.8 Å². The van der Waals surface area contributed by atoms with E-state index in [4.69, 9.17) is 0 Å². The largest absolute Gasteiger partial charge is 0.323 e. The Kier molecular flexibility index (Phi) is 3.71. The second kappa shape index (κ2) is 5.54. The number of imidazole rings is 1. The van der Waals surface area contributed by atoms with Gasteiger partial charge in [0.1, 0.15) is 0 Å². The molecule has 0 saturated heterocycles. The average molecular weight is 335 g/mol. The van der Waals surface area contributed by atoms with Crippen LogP contribution in [0, 0.1) is 0 Å². The molecule has 3 rings (SSSR count). The van der Waals surface area contributed by atoms with Gasteiger partial charge in [-0.25, -0.2) is 13.2 Å². The van der Waals surface area contributed by atoms with Crippen LogP contribution in [0.4, 0.5) is 5.69 Å². The van der Waals surface area contributed by atoms with Crippen molar-refractivity contribution in [3.8, 4) is 0 Å². The molecule has 0 aliphatic rings. The smallest absolute Gasteiger partial charge is 0.306 e. The summed E-state index contributed by atoms with van der Waals surface area (Å²) in [6.07, 6.45) is 1.95. The van der Waals surface area contributed by atoms with Gasteiger partial charge in [-0.05, 0) is 48.7 Å². The molecule has 22 heavy (non-hydrogen) atoms. The number of anilines is 1. The summed E-state index contributed by atoms with van der Waals surface area (Å²) < 4.78 is 27.3. The Morgan fingerprint density at radius 3 is 2.36 bits per heavy atom. The van der Waals surface area contributed by atoms with Crippen LogP contribution in [0.2, 0.25) is 0 Å². The third-order valence-electron chi connectivity index (χ3n) is 3.14. The lowest BCUT2D eigenvalue weighted by Crippen LogP contribution is -2.12. The minimum Gasteiger partial charge on any atom is -0.306 e. The molecule has 0 aliphatic carbocycles. The maximum atomic E-state index is 12.4. The van der Waals surface area contributed by atoms with E-state index >= 15 is 0 Å². The molecule has 0 saturated carbocycles. The maximum Gasteiger partial charge on any atom is 0.323 e. The number of aromatic nitrogens is 2. The number of sulfonamides is 1. The number of fused-ring (bicyclic) bond motifs is 1. The van der Waals surface area contributed by atoms with Crippen molar-refractivity contribution in [2.24, 2.45) is 0 Å². The first-order chi connectivity index (χ1) is 10.5.